The minimum atomic E-state index is -3.45. The standard InChI is InChI=1S/C20H29N5O4S/c1-3-21-20(22-14-19(26)17-6-4-16(2)5-7-17)24-9-11-25(12-10-24)30(27,28)15-18-8-13-29-23-18/h4-8,13,19,26H,3,9-12,14-15H2,1-2H3,(H,21,22). The molecule has 0 amide bonds. The molecule has 0 aliphatic carbocycles. The summed E-state index contributed by atoms with van der Waals surface area (Å²) in [4.78, 5) is 6.60. The number of nitrogens with zero attached hydrogens (tertiary/aromatic N) is 4. The van der Waals surface area contributed by atoms with E-state index in [-0.39, 0.29) is 12.3 Å². The quantitative estimate of drug-likeness (QED) is 0.495. The molecule has 1 saturated heterocycles. The van der Waals surface area contributed by atoms with E-state index in [2.05, 4.69) is 15.5 Å². The largest absolute Gasteiger partial charge is 0.386 e. The molecule has 10 heteroatoms. The lowest BCUT2D eigenvalue weighted by Crippen LogP contribution is -2.54. The van der Waals surface area contributed by atoms with Gasteiger partial charge in [0.1, 0.15) is 12.0 Å². The lowest BCUT2D eigenvalue weighted by atomic mass is 10.1. The van der Waals surface area contributed by atoms with Crippen LogP contribution in [0.1, 0.15) is 29.8 Å². The Morgan fingerprint density at radius 1 is 1.23 bits per heavy atom. The molecule has 0 bridgehead atoms. The molecule has 1 aromatic carbocycles. The molecule has 0 radical (unpaired) electrons. The average Bonchev–Trinajstić information content (AvgIpc) is 3.24. The zero-order chi connectivity index (χ0) is 21.6. The topological polar surface area (TPSA) is 111 Å². The van der Waals surface area contributed by atoms with E-state index >= 15 is 0 Å². The number of rotatable bonds is 7. The van der Waals surface area contributed by atoms with Gasteiger partial charge in [0.05, 0.1) is 18.3 Å². The molecule has 164 valence electrons. The highest BCUT2D eigenvalue weighted by molar-refractivity contribution is 7.88. The van der Waals surface area contributed by atoms with E-state index in [0.29, 0.717) is 44.4 Å². The molecule has 0 saturated carbocycles. The first-order valence-electron chi connectivity index (χ1n) is 10.0. The highest BCUT2D eigenvalue weighted by atomic mass is 32.2. The van der Waals surface area contributed by atoms with E-state index in [1.807, 2.05) is 43.0 Å². The summed E-state index contributed by atoms with van der Waals surface area (Å²) in [7, 11) is -3.45. The summed E-state index contributed by atoms with van der Waals surface area (Å²) in [5.74, 6) is 0.512. The summed E-state index contributed by atoms with van der Waals surface area (Å²) >= 11 is 0. The van der Waals surface area contributed by atoms with Crippen LogP contribution in [0, 0.1) is 6.92 Å². The van der Waals surface area contributed by atoms with Crippen molar-refractivity contribution in [3.63, 3.8) is 0 Å². The molecule has 3 rings (SSSR count). The predicted molar refractivity (Wildman–Crippen MR) is 114 cm³/mol. The van der Waals surface area contributed by atoms with Crippen molar-refractivity contribution in [3.05, 3.63) is 53.4 Å². The van der Waals surface area contributed by atoms with Crippen LogP contribution in [-0.4, -0.2) is 73.1 Å². The second-order valence-corrected chi connectivity index (χ2v) is 9.22. The monoisotopic (exact) mass is 435 g/mol. The third-order valence-electron chi connectivity index (χ3n) is 4.96. The highest BCUT2D eigenvalue weighted by Crippen LogP contribution is 2.15. The van der Waals surface area contributed by atoms with E-state index in [0.717, 1.165) is 11.1 Å². The maximum Gasteiger partial charge on any atom is 0.220 e. The van der Waals surface area contributed by atoms with Crippen LogP contribution in [0.5, 0.6) is 0 Å². The fourth-order valence-electron chi connectivity index (χ4n) is 3.26. The van der Waals surface area contributed by atoms with Crippen molar-refractivity contribution < 1.29 is 18.0 Å². The van der Waals surface area contributed by atoms with Crippen LogP contribution in [-0.2, 0) is 15.8 Å². The summed E-state index contributed by atoms with van der Waals surface area (Å²) < 4.78 is 31.4. The first-order chi connectivity index (χ1) is 14.4. The summed E-state index contributed by atoms with van der Waals surface area (Å²) in [5.41, 5.74) is 2.36. The van der Waals surface area contributed by atoms with Gasteiger partial charge >= 0.3 is 0 Å². The van der Waals surface area contributed by atoms with Crippen molar-refractivity contribution in [2.75, 3.05) is 39.3 Å². The Balaban J connectivity index is 1.59. The molecule has 2 aromatic rings. The number of aliphatic hydroxyl groups is 1. The van der Waals surface area contributed by atoms with Crippen molar-refractivity contribution in [2.24, 2.45) is 4.99 Å². The van der Waals surface area contributed by atoms with Gasteiger partial charge < -0.3 is 19.8 Å². The van der Waals surface area contributed by atoms with Gasteiger partial charge in [-0.15, -0.1) is 0 Å². The number of aromatic nitrogens is 1. The van der Waals surface area contributed by atoms with Crippen molar-refractivity contribution in [3.8, 4) is 0 Å². The van der Waals surface area contributed by atoms with Gasteiger partial charge in [0.2, 0.25) is 10.0 Å². The molecule has 0 spiro atoms. The molecular formula is C20H29N5O4S. The van der Waals surface area contributed by atoms with E-state index in [4.69, 9.17) is 4.52 Å². The lowest BCUT2D eigenvalue weighted by Gasteiger charge is -2.35. The maximum atomic E-state index is 12.6. The smallest absolute Gasteiger partial charge is 0.220 e. The van der Waals surface area contributed by atoms with Crippen LogP contribution in [0.25, 0.3) is 0 Å². The van der Waals surface area contributed by atoms with Crippen molar-refractivity contribution in [1.29, 1.82) is 0 Å². The number of aliphatic imine (C=N–C) groups is 1. The second kappa shape index (κ2) is 10.1. The van der Waals surface area contributed by atoms with Crippen LogP contribution in [0.4, 0.5) is 0 Å². The molecule has 1 aromatic heterocycles. The van der Waals surface area contributed by atoms with Gasteiger partial charge in [0.15, 0.2) is 5.96 Å². The number of nitrogens with one attached hydrogen (secondary N) is 1. The fraction of sp³-hybridized carbons (Fsp3) is 0.500. The van der Waals surface area contributed by atoms with Gasteiger partial charge in [-0.05, 0) is 19.4 Å². The third-order valence-corrected chi connectivity index (χ3v) is 6.78. The first kappa shape index (κ1) is 22.3. The molecule has 1 atom stereocenters. The summed E-state index contributed by atoms with van der Waals surface area (Å²) in [6.45, 7) is 6.67. The fourth-order valence-corrected chi connectivity index (χ4v) is 4.69. The Morgan fingerprint density at radius 2 is 1.93 bits per heavy atom. The van der Waals surface area contributed by atoms with Crippen molar-refractivity contribution in [2.45, 2.75) is 25.7 Å². The molecule has 1 aliphatic heterocycles. The van der Waals surface area contributed by atoms with Gasteiger partial charge in [0.25, 0.3) is 0 Å². The SMILES string of the molecule is CCNC(=NCC(O)c1ccc(C)cc1)N1CCN(S(=O)(=O)Cc2ccon2)CC1. The highest BCUT2D eigenvalue weighted by Gasteiger charge is 2.29. The average molecular weight is 436 g/mol. The predicted octanol–water partition coefficient (Wildman–Crippen LogP) is 1.13. The number of guanidine groups is 1. The van der Waals surface area contributed by atoms with Gasteiger partial charge in [-0.3, -0.25) is 4.99 Å². The van der Waals surface area contributed by atoms with Gasteiger partial charge in [-0.25, -0.2) is 8.42 Å². The Labute approximate surface area is 177 Å². The molecule has 2 heterocycles. The van der Waals surface area contributed by atoms with E-state index in [9.17, 15) is 13.5 Å². The van der Waals surface area contributed by atoms with Gasteiger partial charge in [0, 0.05) is 38.8 Å². The van der Waals surface area contributed by atoms with Crippen LogP contribution in [0.3, 0.4) is 0 Å². The molecular weight excluding hydrogens is 406 g/mol. The Hall–Kier alpha value is -2.43. The molecule has 2 N–H and O–H groups in total. The van der Waals surface area contributed by atoms with Crippen LogP contribution >= 0.6 is 0 Å². The minimum Gasteiger partial charge on any atom is -0.386 e. The lowest BCUT2D eigenvalue weighted by molar-refractivity contribution is 0.186. The van der Waals surface area contributed by atoms with E-state index in [1.54, 1.807) is 6.07 Å². The number of hydrogen-bond acceptors (Lipinski definition) is 6. The number of sulfonamides is 1. The summed E-state index contributed by atoms with van der Waals surface area (Å²) in [6, 6.07) is 9.30. The molecule has 1 unspecified atom stereocenters. The molecule has 1 aliphatic rings. The number of hydrogen-bond donors (Lipinski definition) is 2. The molecule has 30 heavy (non-hydrogen) atoms. The van der Waals surface area contributed by atoms with E-state index < -0.39 is 16.1 Å². The summed E-state index contributed by atoms with van der Waals surface area (Å²) in [6.07, 6.45) is 0.677. The number of piperazine rings is 1. The van der Waals surface area contributed by atoms with Crippen LogP contribution in [0.15, 0.2) is 46.1 Å². The first-order valence-corrected chi connectivity index (χ1v) is 11.6. The van der Waals surface area contributed by atoms with E-state index in [1.165, 1.54) is 10.6 Å². The molecule has 9 nitrogen and oxygen atoms in total. The normalized spacial score (nSPS) is 17.2. The Bertz CT molecular complexity index is 921. The van der Waals surface area contributed by atoms with Crippen molar-refractivity contribution >= 4 is 16.0 Å². The van der Waals surface area contributed by atoms with Gasteiger partial charge in [-0.1, -0.05) is 35.0 Å². The maximum absolute atomic E-state index is 12.6. The second-order valence-electron chi connectivity index (χ2n) is 7.25. The third kappa shape index (κ3) is 5.80. The van der Waals surface area contributed by atoms with Gasteiger partial charge in [-0.2, -0.15) is 4.31 Å². The van der Waals surface area contributed by atoms with Crippen LogP contribution in [0.2, 0.25) is 0 Å². The number of aryl methyl sites for hydroxylation is 1. The Morgan fingerprint density at radius 3 is 2.53 bits per heavy atom. The number of benzene rings is 1. The van der Waals surface area contributed by atoms with Crippen LogP contribution < -0.4 is 5.32 Å². The summed E-state index contributed by atoms with van der Waals surface area (Å²) in [5, 5.41) is 17.4. The molecule has 1 fully saturated rings. The zero-order valence-corrected chi connectivity index (χ0v) is 18.2. The zero-order valence-electron chi connectivity index (χ0n) is 17.4. The Kier molecular flexibility index (Phi) is 7.46. The number of aliphatic hydroxyl groups excluding tert-OH is 1. The van der Waals surface area contributed by atoms with Crippen molar-refractivity contribution in [1.82, 2.24) is 19.7 Å². The minimum absolute atomic E-state index is 0.166.